The first-order chi connectivity index (χ1) is 7.47. The van der Waals surface area contributed by atoms with Crippen LogP contribution in [0.15, 0.2) is 12.1 Å². The molecule has 0 saturated carbocycles. The van der Waals surface area contributed by atoms with Crippen LogP contribution < -0.4 is 0 Å². The van der Waals surface area contributed by atoms with Crippen molar-refractivity contribution in [3.8, 4) is 0 Å². The third-order valence-corrected chi connectivity index (χ3v) is 3.40. The van der Waals surface area contributed by atoms with E-state index in [0.29, 0.717) is 11.3 Å². The second kappa shape index (κ2) is 5.12. The van der Waals surface area contributed by atoms with E-state index < -0.39 is 12.0 Å². The highest BCUT2D eigenvalue weighted by atomic mass is 32.1. The van der Waals surface area contributed by atoms with Crippen molar-refractivity contribution in [3.63, 3.8) is 0 Å². The van der Waals surface area contributed by atoms with E-state index >= 15 is 0 Å². The summed E-state index contributed by atoms with van der Waals surface area (Å²) in [5.74, 6) is -1.20. The number of carboxylic acid groups (broad SMARTS) is 1. The Morgan fingerprint density at radius 3 is 2.50 bits per heavy atom. The molecule has 1 aromatic heterocycles. The molecule has 4 nitrogen and oxygen atoms in total. The number of hydrogen-bond acceptors (Lipinski definition) is 3. The van der Waals surface area contributed by atoms with Gasteiger partial charge in [0, 0.05) is 11.9 Å². The maximum absolute atomic E-state index is 11.9. The molecule has 1 rings (SSSR count). The minimum Gasteiger partial charge on any atom is -0.480 e. The fourth-order valence-corrected chi connectivity index (χ4v) is 2.33. The van der Waals surface area contributed by atoms with Gasteiger partial charge in [-0.2, -0.15) is 0 Å². The van der Waals surface area contributed by atoms with Crippen LogP contribution in [0.25, 0.3) is 0 Å². The van der Waals surface area contributed by atoms with Crippen molar-refractivity contribution >= 4 is 23.2 Å². The molecule has 0 aliphatic rings. The summed E-state index contributed by atoms with van der Waals surface area (Å²) >= 11 is 1.38. The molecule has 1 atom stereocenters. The molecule has 0 spiro atoms. The summed E-state index contributed by atoms with van der Waals surface area (Å²) in [5.41, 5.74) is 0. The fraction of sp³-hybridized carbons (Fsp3) is 0.455. The lowest BCUT2D eigenvalue weighted by Crippen LogP contribution is -2.41. The number of hydrogen-bond donors (Lipinski definition) is 1. The molecule has 1 heterocycles. The molecule has 0 aromatic carbocycles. The Morgan fingerprint density at radius 1 is 1.50 bits per heavy atom. The van der Waals surface area contributed by atoms with Crippen LogP contribution in [-0.2, 0) is 4.79 Å². The summed E-state index contributed by atoms with van der Waals surface area (Å²) in [6.07, 6.45) is 0.405. The molecule has 0 bridgehead atoms. The molecule has 1 unspecified atom stereocenters. The van der Waals surface area contributed by atoms with Gasteiger partial charge in [-0.05, 0) is 25.5 Å². The quantitative estimate of drug-likeness (QED) is 0.877. The predicted molar refractivity (Wildman–Crippen MR) is 62.9 cm³/mol. The first kappa shape index (κ1) is 12.7. The van der Waals surface area contributed by atoms with Gasteiger partial charge in [-0.25, -0.2) is 4.79 Å². The highest BCUT2D eigenvalue weighted by Crippen LogP contribution is 2.18. The minimum absolute atomic E-state index is 0.229. The zero-order valence-corrected chi connectivity index (χ0v) is 10.4. The van der Waals surface area contributed by atoms with E-state index in [-0.39, 0.29) is 5.91 Å². The van der Waals surface area contributed by atoms with Crippen molar-refractivity contribution in [2.75, 3.05) is 7.05 Å². The molecule has 0 aliphatic carbocycles. The molecule has 88 valence electrons. The summed E-state index contributed by atoms with van der Waals surface area (Å²) in [4.78, 5) is 25.8. The van der Waals surface area contributed by atoms with Gasteiger partial charge >= 0.3 is 5.97 Å². The van der Waals surface area contributed by atoms with Crippen LogP contribution in [0, 0.1) is 6.92 Å². The van der Waals surface area contributed by atoms with Crippen LogP contribution in [0.3, 0.4) is 0 Å². The van der Waals surface area contributed by atoms with Crippen LogP contribution in [0.2, 0.25) is 0 Å². The number of carboxylic acids is 1. The molecule has 0 radical (unpaired) electrons. The number of carbonyl (C=O) groups excluding carboxylic acids is 1. The van der Waals surface area contributed by atoms with Gasteiger partial charge in [0.25, 0.3) is 5.91 Å². The summed E-state index contributed by atoms with van der Waals surface area (Å²) in [5, 5.41) is 8.95. The van der Waals surface area contributed by atoms with E-state index in [9.17, 15) is 9.59 Å². The van der Waals surface area contributed by atoms with Crippen molar-refractivity contribution in [1.29, 1.82) is 0 Å². The summed E-state index contributed by atoms with van der Waals surface area (Å²) < 4.78 is 0. The van der Waals surface area contributed by atoms with Crippen LogP contribution in [0.5, 0.6) is 0 Å². The van der Waals surface area contributed by atoms with Gasteiger partial charge in [-0.3, -0.25) is 4.79 Å². The summed E-state index contributed by atoms with van der Waals surface area (Å²) in [6, 6.07) is 2.83. The number of aliphatic carboxylic acids is 1. The van der Waals surface area contributed by atoms with Gasteiger partial charge in [-0.1, -0.05) is 6.92 Å². The monoisotopic (exact) mass is 241 g/mol. The average Bonchev–Trinajstić information content (AvgIpc) is 2.64. The number of amides is 1. The lowest BCUT2D eigenvalue weighted by atomic mass is 10.2. The maximum Gasteiger partial charge on any atom is 0.326 e. The smallest absolute Gasteiger partial charge is 0.326 e. The SMILES string of the molecule is CCC(C(=O)O)N(C)C(=O)c1ccc(C)s1. The normalized spacial score (nSPS) is 12.2. The first-order valence-corrected chi connectivity index (χ1v) is 5.85. The van der Waals surface area contributed by atoms with Gasteiger partial charge in [0.1, 0.15) is 6.04 Å². The van der Waals surface area contributed by atoms with Gasteiger partial charge in [0.15, 0.2) is 0 Å². The van der Waals surface area contributed by atoms with Crippen molar-refractivity contribution in [3.05, 3.63) is 21.9 Å². The third kappa shape index (κ3) is 2.61. The van der Waals surface area contributed by atoms with Crippen molar-refractivity contribution in [1.82, 2.24) is 4.90 Å². The molecule has 5 heteroatoms. The molecule has 1 aromatic rings. The molecular formula is C11H15NO3S. The Balaban J connectivity index is 2.85. The largest absolute Gasteiger partial charge is 0.480 e. The second-order valence-electron chi connectivity index (χ2n) is 3.59. The summed E-state index contributed by atoms with van der Waals surface area (Å²) in [6.45, 7) is 3.66. The number of nitrogens with zero attached hydrogens (tertiary/aromatic N) is 1. The first-order valence-electron chi connectivity index (χ1n) is 5.03. The van der Waals surface area contributed by atoms with Crippen molar-refractivity contribution in [2.24, 2.45) is 0 Å². The molecule has 1 N–H and O–H groups in total. The van der Waals surface area contributed by atoms with Crippen LogP contribution in [-0.4, -0.2) is 35.0 Å². The van der Waals surface area contributed by atoms with Gasteiger partial charge in [0.2, 0.25) is 0 Å². The van der Waals surface area contributed by atoms with E-state index in [1.807, 2.05) is 13.0 Å². The Kier molecular flexibility index (Phi) is 4.06. The van der Waals surface area contributed by atoms with E-state index in [1.54, 1.807) is 13.0 Å². The van der Waals surface area contributed by atoms with Gasteiger partial charge in [-0.15, -0.1) is 11.3 Å². The van der Waals surface area contributed by atoms with Crippen LogP contribution >= 0.6 is 11.3 Å². The minimum atomic E-state index is -0.966. The number of carbonyl (C=O) groups is 2. The molecular weight excluding hydrogens is 226 g/mol. The zero-order chi connectivity index (χ0) is 12.3. The third-order valence-electron chi connectivity index (χ3n) is 2.41. The molecule has 0 aliphatic heterocycles. The zero-order valence-electron chi connectivity index (χ0n) is 9.56. The van der Waals surface area contributed by atoms with Gasteiger partial charge in [0.05, 0.1) is 4.88 Å². The number of thiophene rings is 1. The molecule has 0 saturated heterocycles. The van der Waals surface area contributed by atoms with Crippen LogP contribution in [0.1, 0.15) is 27.9 Å². The standard InChI is InChI=1S/C11H15NO3S/c1-4-8(11(14)15)12(3)10(13)9-6-5-7(2)16-9/h5-6,8H,4H2,1-3H3,(H,14,15). The number of aryl methyl sites for hydroxylation is 1. The van der Waals surface area contributed by atoms with Crippen LogP contribution in [0.4, 0.5) is 0 Å². The Morgan fingerprint density at radius 2 is 2.12 bits per heavy atom. The van der Waals surface area contributed by atoms with Crippen molar-refractivity contribution < 1.29 is 14.7 Å². The predicted octanol–water partition coefficient (Wildman–Crippen LogP) is 1.99. The van der Waals surface area contributed by atoms with Crippen molar-refractivity contribution in [2.45, 2.75) is 26.3 Å². The maximum atomic E-state index is 11.9. The highest BCUT2D eigenvalue weighted by Gasteiger charge is 2.26. The Hall–Kier alpha value is -1.36. The average molecular weight is 241 g/mol. The highest BCUT2D eigenvalue weighted by molar-refractivity contribution is 7.13. The van der Waals surface area contributed by atoms with E-state index in [0.717, 1.165) is 4.88 Å². The molecule has 16 heavy (non-hydrogen) atoms. The Labute approximate surface area is 98.5 Å². The topological polar surface area (TPSA) is 57.6 Å². The molecule has 0 fully saturated rings. The number of likely N-dealkylation sites (N-methyl/N-ethyl adjacent to an activating group) is 1. The van der Waals surface area contributed by atoms with E-state index in [1.165, 1.54) is 23.3 Å². The van der Waals surface area contributed by atoms with E-state index in [2.05, 4.69) is 0 Å². The molecule has 1 amide bonds. The summed E-state index contributed by atoms with van der Waals surface area (Å²) in [7, 11) is 1.53. The van der Waals surface area contributed by atoms with E-state index in [4.69, 9.17) is 5.11 Å². The second-order valence-corrected chi connectivity index (χ2v) is 4.88. The lowest BCUT2D eigenvalue weighted by molar-refractivity contribution is -0.142. The fourth-order valence-electron chi connectivity index (χ4n) is 1.48. The number of rotatable bonds is 4. The van der Waals surface area contributed by atoms with Gasteiger partial charge < -0.3 is 10.0 Å². The Bertz CT molecular complexity index is 400. The lowest BCUT2D eigenvalue weighted by Gasteiger charge is -2.22.